The fourth-order valence-corrected chi connectivity index (χ4v) is 3.44. The van der Waals surface area contributed by atoms with E-state index in [4.69, 9.17) is 22.1 Å². The first-order valence-corrected chi connectivity index (χ1v) is 9.05. The number of hydrogen-bond acceptors (Lipinski definition) is 6. The van der Waals surface area contributed by atoms with Crippen LogP contribution in [0.2, 0.25) is 5.02 Å². The average molecular weight is 370 g/mol. The number of anilines is 1. The third-order valence-corrected chi connectivity index (χ3v) is 4.86. The van der Waals surface area contributed by atoms with Crippen LogP contribution in [-0.2, 0) is 0 Å². The Balaban J connectivity index is 1.86. The number of hydrogen-bond donors (Lipinski definition) is 2. The maximum Gasteiger partial charge on any atom is 0.226 e. The molecule has 2 rings (SSSR count). The molecule has 1 aliphatic rings. The number of nitrogen functional groups attached to an aromatic ring is 1. The van der Waals surface area contributed by atoms with Gasteiger partial charge in [-0.2, -0.15) is 4.98 Å². The van der Waals surface area contributed by atoms with Gasteiger partial charge in [-0.25, -0.2) is 0 Å². The van der Waals surface area contributed by atoms with Crippen LogP contribution >= 0.6 is 11.6 Å². The number of Topliss-reactive ketones (excluding diaryl/α,β-unsaturated/α-hetero) is 1. The van der Waals surface area contributed by atoms with E-state index in [1.54, 1.807) is 0 Å². The Morgan fingerprint density at radius 3 is 2.68 bits per heavy atom. The molecule has 25 heavy (non-hydrogen) atoms. The monoisotopic (exact) mass is 369 g/mol. The van der Waals surface area contributed by atoms with Crippen LogP contribution in [0.15, 0.2) is 6.07 Å². The zero-order valence-corrected chi connectivity index (χ0v) is 16.0. The predicted octanol–water partition coefficient (Wildman–Crippen LogP) is 2.77. The highest BCUT2D eigenvalue weighted by Crippen LogP contribution is 2.28. The number of ketones is 1. The number of carbonyl (C=O) groups is 1. The van der Waals surface area contributed by atoms with Gasteiger partial charge in [0.2, 0.25) is 5.88 Å². The van der Waals surface area contributed by atoms with Crippen LogP contribution in [0.4, 0.5) is 5.82 Å². The lowest BCUT2D eigenvalue weighted by molar-refractivity contribution is 0.0239. The van der Waals surface area contributed by atoms with Crippen LogP contribution < -0.4 is 10.5 Å². The molecule has 1 aromatic heterocycles. The van der Waals surface area contributed by atoms with Crippen LogP contribution in [0.25, 0.3) is 0 Å². The van der Waals surface area contributed by atoms with Crippen molar-refractivity contribution >= 4 is 23.2 Å². The standard InChI is InChI=1S/C18H28ClN3O3/c1-18(2,24)11-22-8-6-12(7-9-22)4-5-15(23)13-10-14(19)16(20)21-17(13)25-3/h10,12,24H,4-9,11H2,1-3H3,(H2,20,21). The number of nitrogens with zero attached hydrogens (tertiary/aromatic N) is 2. The highest BCUT2D eigenvalue weighted by molar-refractivity contribution is 6.33. The largest absolute Gasteiger partial charge is 0.480 e. The Hall–Kier alpha value is -1.37. The third-order valence-electron chi connectivity index (χ3n) is 4.56. The number of rotatable bonds is 7. The molecule has 0 radical (unpaired) electrons. The molecule has 0 saturated carbocycles. The Morgan fingerprint density at radius 2 is 2.12 bits per heavy atom. The Bertz CT molecular complexity index is 608. The SMILES string of the molecule is COc1nc(N)c(Cl)cc1C(=O)CCC1CCN(CC(C)(C)O)CC1. The number of ether oxygens (including phenoxy) is 1. The van der Waals surface area contributed by atoms with Gasteiger partial charge in [-0.1, -0.05) is 11.6 Å². The topological polar surface area (TPSA) is 88.7 Å². The van der Waals surface area contributed by atoms with Crippen molar-refractivity contribution in [3.63, 3.8) is 0 Å². The summed E-state index contributed by atoms with van der Waals surface area (Å²) in [6.07, 6.45) is 3.36. The lowest BCUT2D eigenvalue weighted by Gasteiger charge is -2.35. The van der Waals surface area contributed by atoms with E-state index >= 15 is 0 Å². The molecule has 1 fully saturated rings. The molecule has 0 spiro atoms. The van der Waals surface area contributed by atoms with Crippen LogP contribution in [0, 0.1) is 5.92 Å². The smallest absolute Gasteiger partial charge is 0.226 e. The van der Waals surface area contributed by atoms with Crippen molar-refractivity contribution in [2.45, 2.75) is 45.1 Å². The van der Waals surface area contributed by atoms with Crippen LogP contribution in [0.1, 0.15) is 49.9 Å². The highest BCUT2D eigenvalue weighted by atomic mass is 35.5. The minimum atomic E-state index is -0.666. The fourth-order valence-electron chi connectivity index (χ4n) is 3.29. The van der Waals surface area contributed by atoms with Gasteiger partial charge in [0.25, 0.3) is 0 Å². The minimum Gasteiger partial charge on any atom is -0.480 e. The first-order valence-electron chi connectivity index (χ1n) is 8.67. The van der Waals surface area contributed by atoms with Crippen LogP contribution in [0.5, 0.6) is 5.88 Å². The molecule has 6 nitrogen and oxygen atoms in total. The molecule has 0 amide bonds. The molecule has 0 bridgehead atoms. The second kappa shape index (κ2) is 8.34. The molecular formula is C18H28ClN3O3. The van der Waals surface area contributed by atoms with Crippen LogP contribution in [-0.4, -0.2) is 53.1 Å². The third kappa shape index (κ3) is 5.83. The van der Waals surface area contributed by atoms with Gasteiger partial charge in [0.15, 0.2) is 5.78 Å². The molecule has 0 atom stereocenters. The Kier molecular flexibility index (Phi) is 6.65. The number of likely N-dealkylation sites (tertiary alicyclic amines) is 1. The molecule has 1 saturated heterocycles. The average Bonchev–Trinajstić information content (AvgIpc) is 2.54. The van der Waals surface area contributed by atoms with Gasteiger partial charge in [0.05, 0.1) is 23.3 Å². The van der Waals surface area contributed by atoms with E-state index in [9.17, 15) is 9.90 Å². The molecule has 140 valence electrons. The van der Waals surface area contributed by atoms with E-state index in [2.05, 4.69) is 9.88 Å². The summed E-state index contributed by atoms with van der Waals surface area (Å²) >= 11 is 5.98. The number of pyridine rings is 1. The fraction of sp³-hybridized carbons (Fsp3) is 0.667. The van der Waals surface area contributed by atoms with Crippen molar-refractivity contribution in [3.05, 3.63) is 16.7 Å². The van der Waals surface area contributed by atoms with Crippen molar-refractivity contribution in [2.75, 3.05) is 32.5 Å². The molecule has 2 heterocycles. The van der Waals surface area contributed by atoms with E-state index in [-0.39, 0.29) is 22.5 Å². The highest BCUT2D eigenvalue weighted by Gasteiger charge is 2.25. The number of nitrogens with two attached hydrogens (primary N) is 1. The molecule has 3 N–H and O–H groups in total. The summed E-state index contributed by atoms with van der Waals surface area (Å²) in [7, 11) is 1.46. The summed E-state index contributed by atoms with van der Waals surface area (Å²) < 4.78 is 5.15. The van der Waals surface area contributed by atoms with Crippen molar-refractivity contribution in [1.29, 1.82) is 0 Å². The Labute approximate surface area is 154 Å². The number of piperidine rings is 1. The minimum absolute atomic E-state index is 0.0230. The number of β-amino-alcohol motifs (C(OH)–C–C–N with tert-alkyl or cyclic N) is 1. The summed E-state index contributed by atoms with van der Waals surface area (Å²) in [6, 6.07) is 1.54. The number of methoxy groups -OCH3 is 1. The van der Waals surface area contributed by atoms with Crippen molar-refractivity contribution in [3.8, 4) is 5.88 Å². The zero-order valence-electron chi connectivity index (χ0n) is 15.2. The molecule has 1 aromatic rings. The van der Waals surface area contributed by atoms with Gasteiger partial charge in [-0.15, -0.1) is 0 Å². The molecule has 1 aliphatic heterocycles. The van der Waals surface area contributed by atoms with Gasteiger partial charge in [-0.05, 0) is 58.2 Å². The van der Waals surface area contributed by atoms with E-state index in [0.29, 0.717) is 24.4 Å². The molecule has 7 heteroatoms. The first-order chi connectivity index (χ1) is 11.7. The summed E-state index contributed by atoms with van der Waals surface area (Å²) in [5, 5.41) is 10.2. The molecule has 0 unspecified atom stereocenters. The van der Waals surface area contributed by atoms with Gasteiger partial charge in [0, 0.05) is 13.0 Å². The van der Waals surface area contributed by atoms with E-state index in [0.717, 1.165) is 32.4 Å². The summed E-state index contributed by atoms with van der Waals surface area (Å²) in [6.45, 7) is 6.27. The van der Waals surface area contributed by atoms with Gasteiger partial charge >= 0.3 is 0 Å². The Morgan fingerprint density at radius 1 is 1.48 bits per heavy atom. The van der Waals surface area contributed by atoms with Gasteiger partial charge in [0.1, 0.15) is 5.82 Å². The lowest BCUT2D eigenvalue weighted by Crippen LogP contribution is -2.42. The zero-order chi connectivity index (χ0) is 18.6. The summed E-state index contributed by atoms with van der Waals surface area (Å²) in [5.41, 5.74) is 5.38. The normalized spacial score (nSPS) is 16.8. The first kappa shape index (κ1) is 19.9. The van der Waals surface area contributed by atoms with Crippen molar-refractivity contribution in [1.82, 2.24) is 9.88 Å². The lowest BCUT2D eigenvalue weighted by atomic mass is 9.90. The molecule has 0 aliphatic carbocycles. The number of halogens is 1. The second-order valence-corrected chi connectivity index (χ2v) is 7.81. The van der Waals surface area contributed by atoms with E-state index in [1.807, 2.05) is 13.8 Å². The maximum atomic E-state index is 12.5. The van der Waals surface area contributed by atoms with Crippen molar-refractivity contribution in [2.24, 2.45) is 5.92 Å². The number of aliphatic hydroxyl groups is 1. The van der Waals surface area contributed by atoms with E-state index < -0.39 is 5.60 Å². The maximum absolute atomic E-state index is 12.5. The second-order valence-electron chi connectivity index (χ2n) is 7.41. The summed E-state index contributed by atoms with van der Waals surface area (Å²) in [4.78, 5) is 18.8. The van der Waals surface area contributed by atoms with Crippen molar-refractivity contribution < 1.29 is 14.6 Å². The van der Waals surface area contributed by atoms with Gasteiger partial charge < -0.3 is 20.5 Å². The predicted molar refractivity (Wildman–Crippen MR) is 99.2 cm³/mol. The summed E-state index contributed by atoms with van der Waals surface area (Å²) in [5.74, 6) is 0.886. The quantitative estimate of drug-likeness (QED) is 0.718. The van der Waals surface area contributed by atoms with E-state index in [1.165, 1.54) is 13.2 Å². The number of carbonyl (C=O) groups excluding carboxylic acids is 1. The molecular weight excluding hydrogens is 342 g/mol. The molecule has 0 aromatic carbocycles. The van der Waals surface area contributed by atoms with Gasteiger partial charge in [-0.3, -0.25) is 4.79 Å². The van der Waals surface area contributed by atoms with Crippen LogP contribution in [0.3, 0.4) is 0 Å². The number of aromatic nitrogens is 1.